The van der Waals surface area contributed by atoms with Crippen LogP contribution in [0.2, 0.25) is 0 Å². The zero-order valence-electron chi connectivity index (χ0n) is 7.10. The van der Waals surface area contributed by atoms with E-state index < -0.39 is 23.0 Å². The van der Waals surface area contributed by atoms with Gasteiger partial charge in [0, 0.05) is 4.92 Å². The molecular weight excluding hydrogens is 178 g/mol. The predicted molar refractivity (Wildman–Crippen MR) is 44.7 cm³/mol. The van der Waals surface area contributed by atoms with Crippen LogP contribution in [0.4, 0.5) is 0 Å². The fourth-order valence-electron chi connectivity index (χ4n) is 0.902. The van der Waals surface area contributed by atoms with E-state index in [1.165, 1.54) is 0 Å². The van der Waals surface area contributed by atoms with Crippen molar-refractivity contribution in [3.8, 4) is 0 Å². The maximum Gasteiger partial charge on any atom is 0.330 e. The van der Waals surface area contributed by atoms with E-state index in [9.17, 15) is 14.9 Å². The molecular formula is C6H13N3O4. The molecule has 0 aromatic heterocycles. The Labute approximate surface area is 74.9 Å². The largest absolute Gasteiger partial charge is 0.480 e. The topological polar surface area (TPSA) is 132 Å². The molecule has 0 fully saturated rings. The molecule has 0 aromatic carbocycles. The smallest absolute Gasteiger partial charge is 0.330 e. The summed E-state index contributed by atoms with van der Waals surface area (Å²) in [4.78, 5) is 20.0. The van der Waals surface area contributed by atoms with Crippen LogP contribution in [-0.2, 0) is 4.79 Å². The molecule has 0 spiro atoms. The average molecular weight is 191 g/mol. The van der Waals surface area contributed by atoms with Gasteiger partial charge in [-0.25, -0.2) is 4.79 Å². The number of carbonyl (C=O) groups is 1. The van der Waals surface area contributed by atoms with Gasteiger partial charge in [-0.05, 0) is 19.4 Å². The molecule has 0 saturated carbocycles. The summed E-state index contributed by atoms with van der Waals surface area (Å²) in [6.45, 7) is -0.508. The highest BCUT2D eigenvalue weighted by atomic mass is 16.6. The first-order valence-electron chi connectivity index (χ1n) is 3.76. The third kappa shape index (κ3) is 3.81. The van der Waals surface area contributed by atoms with Gasteiger partial charge in [0.15, 0.2) is 5.54 Å². The van der Waals surface area contributed by atoms with Crippen molar-refractivity contribution in [3.05, 3.63) is 10.1 Å². The van der Waals surface area contributed by atoms with Gasteiger partial charge in [-0.3, -0.25) is 10.1 Å². The number of hydrogen-bond acceptors (Lipinski definition) is 5. The molecule has 7 nitrogen and oxygen atoms in total. The standard InChI is InChI=1S/C6H13N3O4/c7-3-1-2-6(8,5(10)11)4-9(12)13/h1-4,7-8H2,(H,10,11)/t6-/m1/s1. The lowest BCUT2D eigenvalue weighted by atomic mass is 9.95. The third-order valence-electron chi connectivity index (χ3n) is 1.66. The molecule has 0 rings (SSSR count). The average Bonchev–Trinajstić information content (AvgIpc) is 1.99. The number of nitrogens with two attached hydrogens (primary N) is 2. The molecule has 0 unspecified atom stereocenters. The lowest BCUT2D eigenvalue weighted by Crippen LogP contribution is -2.53. The van der Waals surface area contributed by atoms with Crippen LogP contribution in [0.3, 0.4) is 0 Å². The van der Waals surface area contributed by atoms with E-state index in [0.29, 0.717) is 6.42 Å². The Morgan fingerprint density at radius 3 is 2.46 bits per heavy atom. The summed E-state index contributed by atoms with van der Waals surface area (Å²) in [5, 5.41) is 18.8. The second-order valence-electron chi connectivity index (χ2n) is 2.84. The molecule has 7 heteroatoms. The van der Waals surface area contributed by atoms with Crippen molar-refractivity contribution in [1.29, 1.82) is 0 Å². The molecule has 0 bridgehead atoms. The molecule has 0 aliphatic rings. The van der Waals surface area contributed by atoms with Crippen LogP contribution in [-0.4, -0.2) is 34.6 Å². The minimum absolute atomic E-state index is 0.0137. The van der Waals surface area contributed by atoms with Crippen molar-refractivity contribution in [2.45, 2.75) is 18.4 Å². The summed E-state index contributed by atoms with van der Waals surface area (Å²) in [6, 6.07) is 0. The van der Waals surface area contributed by atoms with Gasteiger partial charge in [0.2, 0.25) is 6.54 Å². The van der Waals surface area contributed by atoms with E-state index in [0.717, 1.165) is 0 Å². The van der Waals surface area contributed by atoms with Gasteiger partial charge in [-0.15, -0.1) is 0 Å². The quantitative estimate of drug-likeness (QED) is 0.356. The number of nitro groups is 1. The molecule has 13 heavy (non-hydrogen) atoms. The lowest BCUT2D eigenvalue weighted by molar-refractivity contribution is -0.487. The number of rotatable bonds is 6. The molecule has 0 saturated heterocycles. The Kier molecular flexibility index (Phi) is 4.29. The predicted octanol–water partition coefficient (Wildman–Crippen LogP) is -1.22. The summed E-state index contributed by atoms with van der Waals surface area (Å²) in [7, 11) is 0. The summed E-state index contributed by atoms with van der Waals surface area (Å²) >= 11 is 0. The highest BCUT2D eigenvalue weighted by Gasteiger charge is 2.38. The van der Waals surface area contributed by atoms with E-state index >= 15 is 0 Å². The second-order valence-corrected chi connectivity index (χ2v) is 2.84. The fourth-order valence-corrected chi connectivity index (χ4v) is 0.902. The minimum atomic E-state index is -1.79. The van der Waals surface area contributed by atoms with E-state index in [1.807, 2.05) is 0 Å². The summed E-state index contributed by atoms with van der Waals surface area (Å²) < 4.78 is 0. The Balaban J connectivity index is 4.34. The van der Waals surface area contributed by atoms with Crippen LogP contribution in [0.5, 0.6) is 0 Å². The zero-order valence-corrected chi connectivity index (χ0v) is 7.10. The highest BCUT2D eigenvalue weighted by molar-refractivity contribution is 5.78. The second kappa shape index (κ2) is 4.73. The Bertz CT molecular complexity index is 208. The van der Waals surface area contributed by atoms with E-state index in [4.69, 9.17) is 16.6 Å². The minimum Gasteiger partial charge on any atom is -0.480 e. The van der Waals surface area contributed by atoms with Gasteiger partial charge >= 0.3 is 5.97 Å². The van der Waals surface area contributed by atoms with Gasteiger partial charge in [-0.1, -0.05) is 0 Å². The first-order chi connectivity index (χ1) is 5.92. The number of hydrogen-bond donors (Lipinski definition) is 3. The molecule has 0 amide bonds. The normalized spacial score (nSPS) is 14.9. The molecule has 0 aromatic rings. The van der Waals surface area contributed by atoms with Crippen molar-refractivity contribution in [2.75, 3.05) is 13.1 Å². The summed E-state index contributed by atoms with van der Waals surface area (Å²) in [6.07, 6.45) is 0.371. The molecule has 0 aliphatic carbocycles. The SMILES string of the molecule is NCCC[C@@](N)(C[N+](=O)[O-])C(=O)O. The lowest BCUT2D eigenvalue weighted by Gasteiger charge is -2.19. The van der Waals surface area contributed by atoms with Crippen LogP contribution in [0.25, 0.3) is 0 Å². The monoisotopic (exact) mass is 191 g/mol. The van der Waals surface area contributed by atoms with Crippen LogP contribution in [0.15, 0.2) is 0 Å². The molecule has 0 radical (unpaired) electrons. The van der Waals surface area contributed by atoms with Crippen molar-refractivity contribution in [2.24, 2.45) is 11.5 Å². The maximum atomic E-state index is 10.6. The molecule has 0 heterocycles. The van der Waals surface area contributed by atoms with Gasteiger partial charge in [-0.2, -0.15) is 0 Å². The third-order valence-corrected chi connectivity index (χ3v) is 1.66. The van der Waals surface area contributed by atoms with Crippen LogP contribution in [0, 0.1) is 10.1 Å². The van der Waals surface area contributed by atoms with E-state index in [-0.39, 0.29) is 13.0 Å². The number of carboxylic acids is 1. The Morgan fingerprint density at radius 1 is 1.62 bits per heavy atom. The van der Waals surface area contributed by atoms with Gasteiger partial charge < -0.3 is 16.6 Å². The highest BCUT2D eigenvalue weighted by Crippen LogP contribution is 2.09. The van der Waals surface area contributed by atoms with Crippen molar-refractivity contribution >= 4 is 5.97 Å². The van der Waals surface area contributed by atoms with E-state index in [2.05, 4.69) is 0 Å². The number of aliphatic carboxylic acids is 1. The van der Waals surface area contributed by atoms with Crippen LogP contribution >= 0.6 is 0 Å². The summed E-state index contributed by atoms with van der Waals surface area (Å²) in [5.74, 6) is -1.36. The Morgan fingerprint density at radius 2 is 2.15 bits per heavy atom. The van der Waals surface area contributed by atoms with E-state index in [1.54, 1.807) is 0 Å². The summed E-state index contributed by atoms with van der Waals surface area (Å²) in [5.41, 5.74) is 8.69. The first-order valence-corrected chi connectivity index (χ1v) is 3.76. The molecule has 1 atom stereocenters. The van der Waals surface area contributed by atoms with Crippen molar-refractivity contribution in [3.63, 3.8) is 0 Å². The number of nitrogens with zero attached hydrogens (tertiary/aromatic N) is 1. The van der Waals surface area contributed by atoms with Crippen LogP contribution in [0.1, 0.15) is 12.8 Å². The Hall–Kier alpha value is -1.21. The number of carboxylic acid groups (broad SMARTS) is 1. The van der Waals surface area contributed by atoms with Crippen LogP contribution < -0.4 is 11.5 Å². The maximum absolute atomic E-state index is 10.6. The molecule has 5 N–H and O–H groups in total. The van der Waals surface area contributed by atoms with Crippen molar-refractivity contribution < 1.29 is 14.8 Å². The fraction of sp³-hybridized carbons (Fsp3) is 0.833. The van der Waals surface area contributed by atoms with Crippen molar-refractivity contribution in [1.82, 2.24) is 0 Å². The molecule has 76 valence electrons. The zero-order chi connectivity index (χ0) is 10.5. The van der Waals surface area contributed by atoms with Gasteiger partial charge in [0.05, 0.1) is 0 Å². The van der Waals surface area contributed by atoms with Gasteiger partial charge in [0.1, 0.15) is 0 Å². The molecule has 0 aliphatic heterocycles. The van der Waals surface area contributed by atoms with Gasteiger partial charge in [0.25, 0.3) is 0 Å². The first kappa shape index (κ1) is 11.8.